The minimum Gasteiger partial charge on any atom is -0.494 e. The van der Waals surface area contributed by atoms with E-state index >= 15 is 0 Å². The Labute approximate surface area is 170 Å². The molecule has 2 heterocycles. The summed E-state index contributed by atoms with van der Waals surface area (Å²) >= 11 is 0. The van der Waals surface area contributed by atoms with E-state index in [4.69, 9.17) is 30.8 Å². The van der Waals surface area contributed by atoms with Crippen LogP contribution in [0.5, 0.6) is 11.5 Å². The highest BCUT2D eigenvalue weighted by molar-refractivity contribution is 8.51. The molecule has 26 heavy (non-hydrogen) atoms. The number of hydrogen-bond donors (Lipinski definition) is 0. The molecule has 2 fully saturated rings. The Morgan fingerprint density at radius 2 is 1.08 bits per heavy atom. The van der Waals surface area contributed by atoms with Gasteiger partial charge < -0.3 is 9.47 Å². The zero-order valence-electron chi connectivity index (χ0n) is 16.0. The summed E-state index contributed by atoms with van der Waals surface area (Å²) in [5.74, 6) is 8.51. The van der Waals surface area contributed by atoms with Crippen LogP contribution in [0.15, 0.2) is 12.1 Å². The van der Waals surface area contributed by atoms with E-state index in [0.29, 0.717) is 13.2 Å². The van der Waals surface area contributed by atoms with Gasteiger partial charge in [-0.05, 0) is 74.7 Å². The molecule has 0 bridgehead atoms. The summed E-state index contributed by atoms with van der Waals surface area (Å²) in [6.45, 7) is 5.43. The van der Waals surface area contributed by atoms with Crippen LogP contribution >= 0.6 is 39.8 Å². The maximum Gasteiger partial charge on any atom is 0.123 e. The van der Waals surface area contributed by atoms with Crippen LogP contribution < -0.4 is 9.47 Å². The largest absolute Gasteiger partial charge is 0.494 e. The molecule has 150 valence electrons. The molecular weight excluding hydrogens is 407 g/mol. The van der Waals surface area contributed by atoms with Gasteiger partial charge in [0.1, 0.15) is 11.5 Å². The number of hydrogen-bond acceptors (Lipinski definition) is 2. The Balaban J connectivity index is 1.92. The van der Waals surface area contributed by atoms with Gasteiger partial charge in [-0.25, -0.2) is 0 Å². The molecule has 0 aromatic heterocycles. The lowest BCUT2D eigenvalue weighted by molar-refractivity contribution is 0.326. The molecule has 0 amide bonds. The van der Waals surface area contributed by atoms with E-state index in [1.54, 1.807) is 0 Å². The van der Waals surface area contributed by atoms with Crippen molar-refractivity contribution >= 4 is 39.8 Å². The third-order valence-electron chi connectivity index (χ3n) is 5.21. The van der Waals surface area contributed by atoms with Gasteiger partial charge in [0.2, 0.25) is 0 Å². The fraction of sp³-hybridized carbons (Fsp3) is 0.700. The zero-order valence-corrected chi connectivity index (χ0v) is 19.2. The van der Waals surface area contributed by atoms with E-state index in [1.165, 1.54) is 59.8 Å². The second kappa shape index (κ2) is 9.07. The molecule has 2 aliphatic rings. The van der Waals surface area contributed by atoms with Crippen molar-refractivity contribution in [2.45, 2.75) is 51.0 Å². The minimum absolute atomic E-state index is 0.671. The monoisotopic (exact) mass is 438 g/mol. The summed E-state index contributed by atoms with van der Waals surface area (Å²) in [5.41, 5.74) is 2.44. The first-order chi connectivity index (χ1) is 12.5. The molecular formula is C20H32Cl2O2S2. The molecule has 1 aromatic carbocycles. The van der Waals surface area contributed by atoms with Gasteiger partial charge >= 0.3 is 0 Å². The van der Waals surface area contributed by atoms with Gasteiger partial charge in [-0.3, -0.25) is 0 Å². The van der Waals surface area contributed by atoms with Gasteiger partial charge in [-0.1, -0.05) is 21.4 Å². The molecule has 0 saturated carbocycles. The number of rotatable bonds is 8. The highest BCUT2D eigenvalue weighted by Gasteiger charge is 2.30. The van der Waals surface area contributed by atoms with Crippen LogP contribution in [-0.2, 0) is 11.5 Å². The predicted octanol–water partition coefficient (Wildman–Crippen LogP) is 6.99. The van der Waals surface area contributed by atoms with E-state index in [0.717, 1.165) is 23.0 Å². The quantitative estimate of drug-likeness (QED) is 0.435. The van der Waals surface area contributed by atoms with Gasteiger partial charge in [0, 0.05) is 22.6 Å². The summed E-state index contributed by atoms with van der Waals surface area (Å²) in [7, 11) is 11.8. The van der Waals surface area contributed by atoms with Crippen molar-refractivity contribution in [1.82, 2.24) is 0 Å². The lowest BCUT2D eigenvalue weighted by atomic mass is 10.1. The molecule has 0 spiro atoms. The maximum absolute atomic E-state index is 6.98. The predicted molar refractivity (Wildman–Crippen MR) is 121 cm³/mol. The fourth-order valence-electron chi connectivity index (χ4n) is 3.94. The third-order valence-corrected chi connectivity index (χ3v) is 13.5. The lowest BCUT2D eigenvalue weighted by Gasteiger charge is -2.30. The Morgan fingerprint density at radius 3 is 1.38 bits per heavy atom. The van der Waals surface area contributed by atoms with Crippen LogP contribution in [0.2, 0.25) is 0 Å². The Hall–Kier alpha value is 0.1000. The molecule has 6 heteroatoms. The fourth-order valence-corrected chi connectivity index (χ4v) is 11.4. The zero-order chi connectivity index (χ0) is 18.6. The highest BCUT2D eigenvalue weighted by Crippen LogP contribution is 2.63. The SMILES string of the molecule is CCOc1cc(CS2(Cl)CCCC2)c(OCC)cc1CS1(Cl)CCCC1. The minimum atomic E-state index is -1.06. The van der Waals surface area contributed by atoms with Crippen LogP contribution in [0, 0.1) is 0 Å². The molecule has 0 aliphatic carbocycles. The molecule has 2 aliphatic heterocycles. The van der Waals surface area contributed by atoms with Crippen LogP contribution in [0.3, 0.4) is 0 Å². The average Bonchev–Trinajstić information content (AvgIpc) is 3.21. The molecule has 0 atom stereocenters. The molecule has 0 unspecified atom stereocenters. The van der Waals surface area contributed by atoms with Crippen molar-refractivity contribution in [2.75, 3.05) is 36.2 Å². The van der Waals surface area contributed by atoms with E-state index in [9.17, 15) is 0 Å². The smallest absolute Gasteiger partial charge is 0.123 e. The van der Waals surface area contributed by atoms with Crippen molar-refractivity contribution in [3.8, 4) is 11.5 Å². The van der Waals surface area contributed by atoms with Crippen molar-refractivity contribution in [2.24, 2.45) is 0 Å². The maximum atomic E-state index is 6.98. The van der Waals surface area contributed by atoms with Gasteiger partial charge in [0.25, 0.3) is 0 Å². The standard InChI is InChI=1S/C20H32Cl2O2S2/c1-3-23-19-13-18(16-26(22)11-7-8-12-26)20(24-4-2)14-17(19)15-25(21)9-5-6-10-25/h13-14H,3-12,15-16H2,1-2H3. The van der Waals surface area contributed by atoms with Gasteiger partial charge in [0.05, 0.1) is 13.2 Å². The molecule has 1 aromatic rings. The first-order valence-electron chi connectivity index (χ1n) is 9.80. The average molecular weight is 440 g/mol. The Bertz CT molecular complexity index is 558. The highest BCUT2D eigenvalue weighted by atomic mass is 35.7. The summed E-state index contributed by atoms with van der Waals surface area (Å²) in [5, 5.41) is 0. The van der Waals surface area contributed by atoms with Crippen molar-refractivity contribution in [3.63, 3.8) is 0 Å². The molecule has 3 rings (SSSR count). The van der Waals surface area contributed by atoms with E-state index in [1.807, 2.05) is 13.8 Å². The summed E-state index contributed by atoms with van der Waals surface area (Å²) < 4.78 is 12.1. The third kappa shape index (κ3) is 5.12. The summed E-state index contributed by atoms with van der Waals surface area (Å²) in [6.07, 6.45) is 5.04. The first-order valence-corrected chi connectivity index (χ1v) is 15.7. The molecule has 0 radical (unpaired) electrons. The number of ether oxygens (including phenoxy) is 2. The number of halogens is 2. The van der Waals surface area contributed by atoms with E-state index < -0.39 is 18.5 Å². The van der Waals surface area contributed by atoms with Crippen LogP contribution in [0.25, 0.3) is 0 Å². The van der Waals surface area contributed by atoms with Gasteiger partial charge in [-0.15, -0.1) is 0 Å². The summed E-state index contributed by atoms with van der Waals surface area (Å²) in [6, 6.07) is 4.40. The molecule has 2 nitrogen and oxygen atoms in total. The summed E-state index contributed by atoms with van der Waals surface area (Å²) in [4.78, 5) is 0. The van der Waals surface area contributed by atoms with E-state index in [-0.39, 0.29) is 0 Å². The first kappa shape index (κ1) is 20.8. The van der Waals surface area contributed by atoms with E-state index in [2.05, 4.69) is 12.1 Å². The Morgan fingerprint density at radius 1 is 0.731 bits per heavy atom. The molecule has 0 N–H and O–H groups in total. The Kier molecular flexibility index (Phi) is 7.26. The van der Waals surface area contributed by atoms with Crippen molar-refractivity contribution in [3.05, 3.63) is 23.3 Å². The van der Waals surface area contributed by atoms with Gasteiger partial charge in [-0.2, -0.15) is 18.5 Å². The van der Waals surface area contributed by atoms with Crippen molar-refractivity contribution in [1.29, 1.82) is 0 Å². The molecule has 2 saturated heterocycles. The van der Waals surface area contributed by atoms with Crippen molar-refractivity contribution < 1.29 is 9.47 Å². The number of benzene rings is 1. The van der Waals surface area contributed by atoms with Crippen LogP contribution in [-0.4, -0.2) is 36.2 Å². The van der Waals surface area contributed by atoms with Gasteiger partial charge in [0.15, 0.2) is 0 Å². The van der Waals surface area contributed by atoms with Crippen LogP contribution in [0.1, 0.15) is 50.7 Å². The second-order valence-electron chi connectivity index (χ2n) is 7.33. The van der Waals surface area contributed by atoms with Crippen LogP contribution in [0.4, 0.5) is 0 Å². The topological polar surface area (TPSA) is 18.5 Å². The normalized spacial score (nSPS) is 23.5. The second-order valence-corrected chi connectivity index (χ2v) is 17.2. The lowest BCUT2D eigenvalue weighted by Crippen LogP contribution is -2.07.